The molecule has 27 heavy (non-hydrogen) atoms. The van der Waals surface area contributed by atoms with E-state index in [1.54, 1.807) is 41.2 Å². The summed E-state index contributed by atoms with van der Waals surface area (Å²) in [5.74, 6) is 0. The standard InChI is InChI=1S/C12H20N2S6.C3H5NS3/c15-11(13-7-3-1-4-8-13)17-19-20-18-12(16)14-9-5-2-6-10-14;5-3(7-6)4-1-2-4/h1-10H2;6H,1-2H2. The zero-order chi connectivity index (χ0) is 19.5. The first kappa shape index (κ1) is 25.0. The molecule has 0 radical (unpaired) electrons. The van der Waals surface area contributed by atoms with Crippen LogP contribution in [0.25, 0.3) is 0 Å². The van der Waals surface area contributed by atoms with E-state index in [-0.39, 0.29) is 0 Å². The van der Waals surface area contributed by atoms with Gasteiger partial charge in [-0.1, -0.05) is 36.7 Å². The highest BCUT2D eigenvalue weighted by atomic mass is 33.7. The van der Waals surface area contributed by atoms with Crippen molar-refractivity contribution >= 4 is 113 Å². The van der Waals surface area contributed by atoms with E-state index in [0.717, 1.165) is 52.2 Å². The molecule has 0 amide bonds. The van der Waals surface area contributed by atoms with Gasteiger partial charge < -0.3 is 14.7 Å². The Bertz CT molecular complexity index is 457. The normalized spacial score (nSPS) is 19.2. The van der Waals surface area contributed by atoms with Crippen LogP contribution in [0.4, 0.5) is 0 Å². The number of hydrogen-bond donors (Lipinski definition) is 1. The van der Waals surface area contributed by atoms with Crippen molar-refractivity contribution in [3.63, 3.8) is 0 Å². The Hall–Kier alpha value is 1.77. The highest BCUT2D eigenvalue weighted by molar-refractivity contribution is 9.29. The summed E-state index contributed by atoms with van der Waals surface area (Å²) in [6, 6.07) is 0. The average Bonchev–Trinajstić information content (AvgIpc) is 3.57. The van der Waals surface area contributed by atoms with Crippen LogP contribution in [0.3, 0.4) is 0 Å². The maximum Gasteiger partial charge on any atom is 0.147 e. The molecule has 0 bridgehead atoms. The number of thiocarbonyl (C=S) groups is 3. The molecule has 3 heterocycles. The van der Waals surface area contributed by atoms with Crippen molar-refractivity contribution in [3.8, 4) is 0 Å². The van der Waals surface area contributed by atoms with Gasteiger partial charge in [-0.15, -0.1) is 11.7 Å². The van der Waals surface area contributed by atoms with Crippen molar-refractivity contribution in [2.24, 2.45) is 0 Å². The van der Waals surface area contributed by atoms with Gasteiger partial charge in [0.15, 0.2) is 0 Å². The number of rotatable bonds is 3. The molecule has 154 valence electrons. The summed E-state index contributed by atoms with van der Waals surface area (Å²) >= 11 is 19.7. The highest BCUT2D eigenvalue weighted by Crippen LogP contribution is 2.45. The van der Waals surface area contributed by atoms with Crippen LogP contribution in [0.15, 0.2) is 0 Å². The molecule has 3 aliphatic rings. The molecule has 0 aliphatic carbocycles. The molecular weight excluding hydrogens is 511 g/mol. The van der Waals surface area contributed by atoms with Crippen LogP contribution in [0.5, 0.6) is 0 Å². The van der Waals surface area contributed by atoms with E-state index in [1.807, 2.05) is 0 Å². The van der Waals surface area contributed by atoms with E-state index in [9.17, 15) is 0 Å². The number of nitrogens with zero attached hydrogens (tertiary/aromatic N) is 3. The Kier molecular flexibility index (Phi) is 13.6. The molecule has 0 aromatic heterocycles. The molecule has 12 heteroatoms. The van der Waals surface area contributed by atoms with Gasteiger partial charge in [-0.2, -0.15) is 0 Å². The van der Waals surface area contributed by atoms with Crippen molar-refractivity contribution in [2.75, 3.05) is 39.3 Å². The molecule has 3 fully saturated rings. The minimum absolute atomic E-state index is 0.906. The Morgan fingerprint density at radius 3 is 1.22 bits per heavy atom. The Morgan fingerprint density at radius 1 is 0.556 bits per heavy atom. The van der Waals surface area contributed by atoms with Crippen molar-refractivity contribution in [3.05, 3.63) is 0 Å². The van der Waals surface area contributed by atoms with E-state index < -0.39 is 0 Å². The monoisotopic (exact) mass is 535 g/mol. The van der Waals surface area contributed by atoms with E-state index >= 15 is 0 Å². The molecular formula is C15H25N3S9. The van der Waals surface area contributed by atoms with Gasteiger partial charge >= 0.3 is 0 Å². The molecule has 0 aromatic rings. The largest absolute Gasteiger partial charge is 0.357 e. The summed E-state index contributed by atoms with van der Waals surface area (Å²) in [6.45, 7) is 6.80. The van der Waals surface area contributed by atoms with Crippen LogP contribution >= 0.6 is 100 Å². The van der Waals surface area contributed by atoms with Gasteiger partial charge in [-0.3, -0.25) is 0 Å². The van der Waals surface area contributed by atoms with Crippen LogP contribution in [0.2, 0.25) is 0 Å². The molecule has 0 spiro atoms. The molecule has 0 unspecified atom stereocenters. The van der Waals surface area contributed by atoms with E-state index in [2.05, 4.69) is 26.4 Å². The minimum Gasteiger partial charge on any atom is -0.357 e. The quantitative estimate of drug-likeness (QED) is 0.142. The number of thiol groups is 1. The number of hydrogen-bond acceptors (Lipinski definition) is 9. The second-order valence-corrected chi connectivity index (χ2v) is 15.0. The Balaban J connectivity index is 0.000000313. The maximum absolute atomic E-state index is 5.48. The number of piperidine rings is 2. The lowest BCUT2D eigenvalue weighted by Crippen LogP contribution is -2.32. The Labute approximate surface area is 204 Å². The smallest absolute Gasteiger partial charge is 0.147 e. The summed E-state index contributed by atoms with van der Waals surface area (Å²) in [7, 11) is 8.26. The topological polar surface area (TPSA) is 9.49 Å². The fourth-order valence-corrected chi connectivity index (χ4v) is 10.3. The predicted octanol–water partition coefficient (Wildman–Crippen LogP) is 6.37. The van der Waals surface area contributed by atoms with Gasteiger partial charge in [0.25, 0.3) is 0 Å². The predicted molar refractivity (Wildman–Crippen MR) is 147 cm³/mol. The van der Waals surface area contributed by atoms with Gasteiger partial charge in [0.2, 0.25) is 0 Å². The molecule has 3 aliphatic heterocycles. The van der Waals surface area contributed by atoms with Crippen molar-refractivity contribution in [1.29, 1.82) is 0 Å². The van der Waals surface area contributed by atoms with Gasteiger partial charge in [0.1, 0.15) is 13.0 Å². The van der Waals surface area contributed by atoms with Gasteiger partial charge in [0, 0.05) is 39.3 Å². The second-order valence-electron chi connectivity index (χ2n) is 6.27. The highest BCUT2D eigenvalue weighted by Gasteiger charge is 2.19. The molecule has 3 rings (SSSR count). The van der Waals surface area contributed by atoms with Gasteiger partial charge in [0.05, 0.1) is 0 Å². The van der Waals surface area contributed by atoms with E-state index in [1.165, 1.54) is 49.3 Å². The van der Waals surface area contributed by atoms with Crippen molar-refractivity contribution < 1.29 is 0 Å². The van der Waals surface area contributed by atoms with Crippen LogP contribution in [0, 0.1) is 0 Å². The summed E-state index contributed by atoms with van der Waals surface area (Å²) < 4.78 is 2.97. The molecule has 0 N–H and O–H groups in total. The fraction of sp³-hybridized carbons (Fsp3) is 0.800. The molecule has 3 nitrogen and oxygen atoms in total. The summed E-state index contributed by atoms with van der Waals surface area (Å²) in [5, 5.41) is 0. The summed E-state index contributed by atoms with van der Waals surface area (Å²) in [5.41, 5.74) is 0. The van der Waals surface area contributed by atoms with Crippen molar-refractivity contribution in [1.82, 2.24) is 14.7 Å². The molecule has 0 aromatic carbocycles. The third-order valence-corrected chi connectivity index (χ3v) is 13.5. The van der Waals surface area contributed by atoms with Crippen molar-refractivity contribution in [2.45, 2.75) is 38.5 Å². The SMILES string of the molecule is S=C(SS)N1CC1.S=C(SSSSC(=S)N1CCCCC1)N1CCCCC1. The summed E-state index contributed by atoms with van der Waals surface area (Å²) in [6.07, 6.45) is 7.84. The van der Waals surface area contributed by atoms with Crippen LogP contribution in [0.1, 0.15) is 38.5 Å². The molecule has 0 atom stereocenters. The van der Waals surface area contributed by atoms with E-state index in [0.29, 0.717) is 0 Å². The van der Waals surface area contributed by atoms with Gasteiger partial charge in [-0.25, -0.2) is 0 Å². The third-order valence-electron chi connectivity index (χ3n) is 4.25. The maximum atomic E-state index is 5.48. The lowest BCUT2D eigenvalue weighted by Gasteiger charge is -2.28. The van der Waals surface area contributed by atoms with E-state index in [4.69, 9.17) is 36.7 Å². The summed E-state index contributed by atoms with van der Waals surface area (Å²) in [4.78, 5) is 6.77. The fourth-order valence-electron chi connectivity index (χ4n) is 2.63. The first-order valence-corrected chi connectivity index (χ1v) is 16.9. The van der Waals surface area contributed by atoms with Gasteiger partial charge in [-0.05, 0) is 90.6 Å². The average molecular weight is 536 g/mol. The lowest BCUT2D eigenvalue weighted by atomic mass is 10.1. The Morgan fingerprint density at radius 2 is 0.926 bits per heavy atom. The molecule has 0 saturated carbocycles. The van der Waals surface area contributed by atoms with Crippen LogP contribution in [-0.4, -0.2) is 66.9 Å². The first-order chi connectivity index (χ1) is 13.1. The number of likely N-dealkylation sites (tertiary alicyclic amines) is 2. The second kappa shape index (κ2) is 14.7. The first-order valence-electron chi connectivity index (χ1n) is 8.98. The zero-order valence-corrected chi connectivity index (χ0v) is 22.5. The zero-order valence-electron chi connectivity index (χ0n) is 15.0. The minimum atomic E-state index is 0.906. The lowest BCUT2D eigenvalue weighted by molar-refractivity contribution is 0.352. The van der Waals surface area contributed by atoms with Crippen LogP contribution < -0.4 is 0 Å². The van der Waals surface area contributed by atoms with Crippen LogP contribution in [-0.2, 0) is 0 Å². The molecule has 3 saturated heterocycles. The third kappa shape index (κ3) is 10.6.